The quantitative estimate of drug-likeness (QED) is 0.184. The van der Waals surface area contributed by atoms with Crippen molar-refractivity contribution in [3.05, 3.63) is 0 Å². The Balaban J connectivity index is 0. The zero-order valence-electron chi connectivity index (χ0n) is 16.1. The molecular weight excluding hydrogens is 365 g/mol. The first-order chi connectivity index (χ1) is 11.9. The minimum absolute atomic E-state index is 0. The Kier molecular flexibility index (Phi) is 21.3. The van der Waals surface area contributed by atoms with Gasteiger partial charge in [0, 0.05) is 19.7 Å². The zero-order valence-corrected chi connectivity index (χ0v) is 16.9. The molecule has 0 aliphatic rings. The van der Waals surface area contributed by atoms with Gasteiger partial charge in [-0.2, -0.15) is 8.42 Å². The van der Waals surface area contributed by atoms with Crippen LogP contribution >= 0.6 is 0 Å². The molecule has 8 heteroatoms. The van der Waals surface area contributed by atoms with E-state index in [4.69, 9.17) is 9.29 Å². The van der Waals surface area contributed by atoms with Crippen LogP contribution in [0.15, 0.2) is 0 Å². The molecule has 0 aliphatic heterocycles. The fourth-order valence-electron chi connectivity index (χ4n) is 2.53. The summed E-state index contributed by atoms with van der Waals surface area (Å²) in [5.41, 5.74) is 0. The van der Waals surface area contributed by atoms with Gasteiger partial charge in [-0.3, -0.25) is 4.55 Å². The normalized spacial score (nSPS) is 14.0. The molecule has 0 amide bonds. The standard InChI is InChI=1S/C18H39NO5S.Na.H/c1-3-4-5-6-7-8-9-10-11-12-13-24-16-18(20)15-19-14-17(2)25(21,22)23;;/h17-20H,3-16H2,1-2H3,(H,21,22,23);;. The van der Waals surface area contributed by atoms with Gasteiger partial charge in [-0.25, -0.2) is 0 Å². The average Bonchev–Trinajstić information content (AvgIpc) is 2.55. The van der Waals surface area contributed by atoms with Crippen LogP contribution in [-0.2, 0) is 14.9 Å². The van der Waals surface area contributed by atoms with E-state index in [0.29, 0.717) is 6.61 Å². The molecule has 0 saturated heterocycles. The third-order valence-corrected chi connectivity index (χ3v) is 5.46. The molecule has 154 valence electrons. The van der Waals surface area contributed by atoms with Crippen molar-refractivity contribution in [1.82, 2.24) is 5.32 Å². The van der Waals surface area contributed by atoms with Gasteiger partial charge in [0.2, 0.25) is 0 Å². The summed E-state index contributed by atoms with van der Waals surface area (Å²) in [7, 11) is -4.02. The minimum atomic E-state index is -4.02. The summed E-state index contributed by atoms with van der Waals surface area (Å²) >= 11 is 0. The molecule has 0 aromatic rings. The van der Waals surface area contributed by atoms with Gasteiger partial charge < -0.3 is 15.2 Å². The molecule has 0 radical (unpaired) electrons. The number of rotatable bonds is 18. The van der Waals surface area contributed by atoms with Gasteiger partial charge >= 0.3 is 29.6 Å². The second-order valence-electron chi connectivity index (χ2n) is 6.89. The first-order valence-electron chi connectivity index (χ1n) is 9.80. The average molecular weight is 406 g/mol. The van der Waals surface area contributed by atoms with Crippen LogP contribution in [0, 0.1) is 0 Å². The van der Waals surface area contributed by atoms with E-state index >= 15 is 0 Å². The van der Waals surface area contributed by atoms with Crippen molar-refractivity contribution >= 4 is 39.7 Å². The fourth-order valence-corrected chi connectivity index (χ4v) is 2.86. The van der Waals surface area contributed by atoms with Crippen LogP contribution in [0.1, 0.15) is 78.1 Å². The Hall–Kier alpha value is 0.790. The van der Waals surface area contributed by atoms with Crippen molar-refractivity contribution < 1.29 is 22.8 Å². The number of hydrogen-bond acceptors (Lipinski definition) is 5. The molecule has 3 N–H and O–H groups in total. The third kappa shape index (κ3) is 19.5. The predicted molar refractivity (Wildman–Crippen MR) is 110 cm³/mol. The molecule has 0 aliphatic carbocycles. The topological polar surface area (TPSA) is 95.9 Å². The van der Waals surface area contributed by atoms with Crippen molar-refractivity contribution in [1.29, 1.82) is 0 Å². The molecule has 2 unspecified atom stereocenters. The molecule has 0 aromatic heterocycles. The molecular formula is C18H40NNaO5S. The van der Waals surface area contributed by atoms with Crippen molar-refractivity contribution in [2.75, 3.05) is 26.3 Å². The summed E-state index contributed by atoms with van der Waals surface area (Å²) in [4.78, 5) is 0. The zero-order chi connectivity index (χ0) is 19.0. The van der Waals surface area contributed by atoms with Crippen LogP contribution in [0.4, 0.5) is 0 Å². The first kappa shape index (κ1) is 29.0. The summed E-state index contributed by atoms with van der Waals surface area (Å²) < 4.78 is 35.9. The van der Waals surface area contributed by atoms with Crippen molar-refractivity contribution in [2.24, 2.45) is 0 Å². The number of unbranched alkanes of at least 4 members (excludes halogenated alkanes) is 9. The van der Waals surface area contributed by atoms with Crippen LogP contribution in [0.5, 0.6) is 0 Å². The predicted octanol–water partition coefficient (Wildman–Crippen LogP) is 2.50. The molecule has 0 heterocycles. The number of aliphatic hydroxyl groups is 1. The van der Waals surface area contributed by atoms with E-state index in [1.54, 1.807) is 0 Å². The van der Waals surface area contributed by atoms with Crippen molar-refractivity contribution in [3.63, 3.8) is 0 Å². The van der Waals surface area contributed by atoms with Gasteiger partial charge in [0.1, 0.15) is 0 Å². The van der Waals surface area contributed by atoms with Gasteiger partial charge in [-0.1, -0.05) is 64.7 Å². The SMILES string of the molecule is CCCCCCCCCCCCOCC(O)CNCC(C)S(=O)(=O)O.[NaH]. The molecule has 6 nitrogen and oxygen atoms in total. The number of ether oxygens (including phenoxy) is 1. The molecule has 0 spiro atoms. The maximum absolute atomic E-state index is 10.8. The van der Waals surface area contributed by atoms with Crippen LogP contribution in [0.2, 0.25) is 0 Å². The number of hydrogen-bond donors (Lipinski definition) is 3. The molecule has 0 rings (SSSR count). The molecule has 0 fully saturated rings. The second-order valence-corrected chi connectivity index (χ2v) is 8.73. The van der Waals surface area contributed by atoms with E-state index < -0.39 is 21.5 Å². The molecule has 0 saturated carbocycles. The Labute approximate surface area is 182 Å². The molecule has 26 heavy (non-hydrogen) atoms. The van der Waals surface area contributed by atoms with E-state index in [9.17, 15) is 13.5 Å². The van der Waals surface area contributed by atoms with Gasteiger partial charge in [-0.05, 0) is 13.3 Å². The van der Waals surface area contributed by atoms with Crippen molar-refractivity contribution in [2.45, 2.75) is 89.4 Å². The van der Waals surface area contributed by atoms with Gasteiger partial charge in [0.05, 0.1) is 18.0 Å². The summed E-state index contributed by atoms with van der Waals surface area (Å²) in [6.07, 6.45) is 12.1. The fraction of sp³-hybridized carbons (Fsp3) is 1.00. The van der Waals surface area contributed by atoms with Crippen LogP contribution in [-0.4, -0.2) is 85.3 Å². The Morgan fingerprint density at radius 3 is 1.92 bits per heavy atom. The van der Waals surface area contributed by atoms with E-state index in [-0.39, 0.29) is 49.3 Å². The Morgan fingerprint density at radius 1 is 0.923 bits per heavy atom. The van der Waals surface area contributed by atoms with Gasteiger partial charge in [0.15, 0.2) is 0 Å². The monoisotopic (exact) mass is 405 g/mol. The van der Waals surface area contributed by atoms with Crippen LogP contribution < -0.4 is 5.32 Å². The Bertz CT molecular complexity index is 395. The van der Waals surface area contributed by atoms with Crippen LogP contribution in [0.25, 0.3) is 0 Å². The maximum atomic E-state index is 10.8. The third-order valence-electron chi connectivity index (χ3n) is 4.27. The summed E-state index contributed by atoms with van der Waals surface area (Å²) in [5, 5.41) is 11.7. The first-order valence-corrected chi connectivity index (χ1v) is 11.3. The summed E-state index contributed by atoms with van der Waals surface area (Å²) in [5.74, 6) is 0. The van der Waals surface area contributed by atoms with Gasteiger partial charge in [0.25, 0.3) is 10.1 Å². The van der Waals surface area contributed by atoms with Crippen molar-refractivity contribution in [3.8, 4) is 0 Å². The summed E-state index contributed by atoms with van der Waals surface area (Å²) in [6, 6.07) is 0. The van der Waals surface area contributed by atoms with Crippen LogP contribution in [0.3, 0.4) is 0 Å². The second kappa shape index (κ2) is 19.1. The molecule has 2 atom stereocenters. The molecule has 0 bridgehead atoms. The Morgan fingerprint density at radius 2 is 1.42 bits per heavy atom. The van der Waals surface area contributed by atoms with Gasteiger partial charge in [-0.15, -0.1) is 0 Å². The van der Waals surface area contributed by atoms with E-state index in [1.807, 2.05) is 0 Å². The van der Waals surface area contributed by atoms with E-state index in [1.165, 1.54) is 58.3 Å². The molecule has 0 aromatic carbocycles. The van der Waals surface area contributed by atoms with E-state index in [0.717, 1.165) is 12.8 Å². The van der Waals surface area contributed by atoms with E-state index in [2.05, 4.69) is 12.2 Å². The number of aliphatic hydroxyl groups excluding tert-OH is 1. The number of nitrogens with one attached hydrogen (secondary N) is 1. The summed E-state index contributed by atoms with van der Waals surface area (Å²) in [6.45, 7) is 4.89.